The Labute approximate surface area is 199 Å². The lowest BCUT2D eigenvalue weighted by Crippen LogP contribution is -2.54. The molecule has 0 radical (unpaired) electrons. The molecule has 3 aromatic rings. The van der Waals surface area contributed by atoms with Gasteiger partial charge in [-0.1, -0.05) is 12.1 Å². The van der Waals surface area contributed by atoms with Gasteiger partial charge in [-0.3, -0.25) is 14.9 Å². The lowest BCUT2D eigenvalue weighted by atomic mass is 9.74. The molecule has 34 heavy (non-hydrogen) atoms. The van der Waals surface area contributed by atoms with E-state index in [0.29, 0.717) is 11.8 Å². The predicted octanol–water partition coefficient (Wildman–Crippen LogP) is 5.59. The third kappa shape index (κ3) is 4.69. The van der Waals surface area contributed by atoms with E-state index in [1.54, 1.807) is 11.3 Å². The van der Waals surface area contributed by atoms with Gasteiger partial charge in [0.25, 0.3) is 0 Å². The highest BCUT2D eigenvalue weighted by molar-refractivity contribution is 7.13. The van der Waals surface area contributed by atoms with Gasteiger partial charge in [-0.15, -0.1) is 11.3 Å². The predicted molar refractivity (Wildman–Crippen MR) is 124 cm³/mol. The second kappa shape index (κ2) is 9.07. The van der Waals surface area contributed by atoms with Crippen molar-refractivity contribution in [1.29, 1.82) is 0 Å². The van der Waals surface area contributed by atoms with E-state index < -0.39 is 17.8 Å². The zero-order chi connectivity index (χ0) is 23.9. The van der Waals surface area contributed by atoms with Crippen LogP contribution < -0.4 is 5.32 Å². The molecule has 2 bridgehead atoms. The number of halogens is 3. The Morgan fingerprint density at radius 3 is 2.82 bits per heavy atom. The van der Waals surface area contributed by atoms with E-state index in [1.807, 2.05) is 23.2 Å². The minimum Gasteiger partial charge on any atom is -0.448 e. The third-order valence-electron chi connectivity index (χ3n) is 6.79. The number of hydrogen-bond acceptors (Lipinski definition) is 5. The molecule has 6 nitrogen and oxygen atoms in total. The molecule has 2 aromatic heterocycles. The number of aryl methyl sites for hydroxylation is 1. The first-order chi connectivity index (χ1) is 16.3. The minimum atomic E-state index is -4.47. The van der Waals surface area contributed by atoms with E-state index in [0.717, 1.165) is 48.6 Å². The summed E-state index contributed by atoms with van der Waals surface area (Å²) in [6.45, 7) is 2.03. The zero-order valence-electron chi connectivity index (χ0n) is 18.6. The van der Waals surface area contributed by atoms with Crippen molar-refractivity contribution in [1.82, 2.24) is 14.7 Å². The molecule has 1 N–H and O–H groups in total. The summed E-state index contributed by atoms with van der Waals surface area (Å²) in [6.07, 6.45) is -3.23. The summed E-state index contributed by atoms with van der Waals surface area (Å²) < 4.78 is 46.0. The molecule has 180 valence electrons. The highest BCUT2D eigenvalue weighted by atomic mass is 32.1. The largest absolute Gasteiger partial charge is 0.448 e. The van der Waals surface area contributed by atoms with Gasteiger partial charge in [0.05, 0.1) is 10.4 Å². The molecule has 0 spiro atoms. The van der Waals surface area contributed by atoms with Gasteiger partial charge in [0.1, 0.15) is 12.3 Å². The molecule has 4 atom stereocenters. The van der Waals surface area contributed by atoms with Crippen LogP contribution in [0.15, 0.2) is 47.8 Å². The summed E-state index contributed by atoms with van der Waals surface area (Å²) in [5.41, 5.74) is 1.46. The van der Waals surface area contributed by atoms with Crippen molar-refractivity contribution in [2.45, 2.75) is 31.0 Å². The highest BCUT2D eigenvalue weighted by Gasteiger charge is 2.42. The Hall–Kier alpha value is -2.85. The Morgan fingerprint density at radius 2 is 2.12 bits per heavy atom. The number of rotatable bonds is 5. The van der Waals surface area contributed by atoms with E-state index in [-0.39, 0.29) is 18.3 Å². The lowest BCUT2D eigenvalue weighted by Gasteiger charge is -2.49. The fourth-order valence-electron chi connectivity index (χ4n) is 5.12. The van der Waals surface area contributed by atoms with E-state index in [4.69, 9.17) is 9.84 Å². The molecule has 5 heterocycles. The van der Waals surface area contributed by atoms with Gasteiger partial charge in [0.15, 0.2) is 0 Å². The second-order valence-corrected chi connectivity index (χ2v) is 9.84. The molecule has 1 amide bonds. The number of anilines is 1. The number of ether oxygens (including phenoxy) is 1. The normalized spacial score (nSPS) is 24.2. The molecular weight excluding hydrogens is 465 g/mol. The van der Waals surface area contributed by atoms with E-state index >= 15 is 0 Å². The van der Waals surface area contributed by atoms with Crippen LogP contribution in [0.5, 0.6) is 0 Å². The topological polar surface area (TPSA) is 59.4 Å². The van der Waals surface area contributed by atoms with Gasteiger partial charge in [0.2, 0.25) is 0 Å². The van der Waals surface area contributed by atoms with Crippen molar-refractivity contribution < 1.29 is 22.7 Å². The van der Waals surface area contributed by atoms with E-state index in [1.165, 1.54) is 17.8 Å². The third-order valence-corrected chi connectivity index (χ3v) is 7.68. The van der Waals surface area contributed by atoms with Gasteiger partial charge in [-0.25, -0.2) is 4.79 Å². The Balaban J connectivity index is 1.18. The van der Waals surface area contributed by atoms with Crippen LogP contribution in [-0.2, 0) is 18.0 Å². The van der Waals surface area contributed by atoms with Gasteiger partial charge in [-0.2, -0.15) is 18.3 Å². The number of benzene rings is 1. The van der Waals surface area contributed by atoms with Crippen molar-refractivity contribution >= 4 is 23.1 Å². The number of piperidine rings is 3. The maximum atomic E-state index is 12.9. The summed E-state index contributed by atoms with van der Waals surface area (Å²) in [6, 6.07) is 10.9. The fourth-order valence-corrected chi connectivity index (χ4v) is 5.80. The summed E-state index contributed by atoms with van der Waals surface area (Å²) in [5.74, 6) is 0.840. The van der Waals surface area contributed by atoms with E-state index in [2.05, 4.69) is 22.3 Å². The number of alkyl halides is 3. The summed E-state index contributed by atoms with van der Waals surface area (Å²) >= 11 is 1.68. The number of amides is 1. The SMILES string of the molecule is Cn1nc(-c2cccs2)cc1[C@H]1CN2CC[C@H]1C[C@@H]2COC(=O)Nc1cccc(C(F)(F)F)c1. The Morgan fingerprint density at radius 1 is 1.26 bits per heavy atom. The molecule has 6 rings (SSSR count). The average Bonchev–Trinajstić information content (AvgIpc) is 3.47. The number of aromatic nitrogens is 2. The van der Waals surface area contributed by atoms with Crippen LogP contribution in [0.4, 0.5) is 23.7 Å². The fraction of sp³-hybridized carbons (Fsp3) is 0.417. The molecule has 3 fully saturated rings. The molecule has 10 heteroatoms. The van der Waals surface area contributed by atoms with Crippen molar-refractivity contribution in [2.24, 2.45) is 13.0 Å². The molecule has 0 aliphatic carbocycles. The van der Waals surface area contributed by atoms with Crippen molar-refractivity contribution in [3.05, 3.63) is 59.1 Å². The Kier molecular flexibility index (Phi) is 6.11. The molecule has 3 saturated heterocycles. The second-order valence-electron chi connectivity index (χ2n) is 8.90. The molecule has 1 aromatic carbocycles. The van der Waals surface area contributed by atoms with Gasteiger partial charge >= 0.3 is 12.3 Å². The average molecular weight is 491 g/mol. The van der Waals surface area contributed by atoms with Crippen LogP contribution in [0.3, 0.4) is 0 Å². The van der Waals surface area contributed by atoms with Crippen LogP contribution >= 0.6 is 11.3 Å². The molecule has 0 saturated carbocycles. The first-order valence-electron chi connectivity index (χ1n) is 11.2. The lowest BCUT2D eigenvalue weighted by molar-refractivity contribution is -0.137. The van der Waals surface area contributed by atoms with Crippen molar-refractivity contribution in [3.63, 3.8) is 0 Å². The van der Waals surface area contributed by atoms with Crippen LogP contribution in [0.1, 0.15) is 30.0 Å². The smallest absolute Gasteiger partial charge is 0.416 e. The van der Waals surface area contributed by atoms with Crippen LogP contribution in [0.25, 0.3) is 10.6 Å². The highest BCUT2D eigenvalue weighted by Crippen LogP contribution is 2.42. The number of hydrogen-bond donors (Lipinski definition) is 1. The minimum absolute atomic E-state index is 0.0584. The van der Waals surface area contributed by atoms with Gasteiger partial charge in [0, 0.05) is 36.9 Å². The maximum absolute atomic E-state index is 12.9. The zero-order valence-corrected chi connectivity index (χ0v) is 19.4. The summed E-state index contributed by atoms with van der Waals surface area (Å²) in [4.78, 5) is 15.7. The van der Waals surface area contributed by atoms with Crippen LogP contribution in [0, 0.1) is 5.92 Å². The van der Waals surface area contributed by atoms with E-state index in [9.17, 15) is 18.0 Å². The number of nitrogens with zero attached hydrogens (tertiary/aromatic N) is 3. The first kappa shape index (κ1) is 22.9. The van der Waals surface area contributed by atoms with Crippen molar-refractivity contribution in [2.75, 3.05) is 25.0 Å². The number of carbonyl (C=O) groups excluding carboxylic acids is 1. The maximum Gasteiger partial charge on any atom is 0.416 e. The number of thiophene rings is 1. The van der Waals surface area contributed by atoms with Gasteiger partial charge < -0.3 is 4.74 Å². The summed E-state index contributed by atoms with van der Waals surface area (Å²) in [5, 5.41) is 9.17. The molecule has 1 unspecified atom stereocenters. The van der Waals surface area contributed by atoms with Crippen LogP contribution in [-0.4, -0.2) is 46.5 Å². The number of fused-ring (bicyclic) bond motifs is 3. The first-order valence-corrected chi connectivity index (χ1v) is 12.1. The number of carbonyl (C=O) groups is 1. The Bertz CT molecular complexity index is 1160. The van der Waals surface area contributed by atoms with Crippen molar-refractivity contribution in [3.8, 4) is 10.6 Å². The molecule has 3 aliphatic rings. The molecular formula is C24H25F3N4O2S. The quantitative estimate of drug-likeness (QED) is 0.506. The number of nitrogens with one attached hydrogen (secondary N) is 1. The standard InChI is InChI=1S/C24H25F3N4O2S/c1-30-21(12-20(29-30)22-6-3-9-34-22)19-13-31-8-7-15(19)10-18(31)14-33-23(32)28-17-5-2-4-16(11-17)24(25,26)27/h2-6,9,11-12,15,18-19H,7-8,10,13-14H2,1H3,(H,28,32)/t15-,18+,19-/m0/s1. The van der Waals surface area contributed by atoms with Gasteiger partial charge in [-0.05, 0) is 61.0 Å². The molecule has 3 aliphatic heterocycles. The summed E-state index contributed by atoms with van der Waals surface area (Å²) in [7, 11) is 1.99. The van der Waals surface area contributed by atoms with Crippen LogP contribution in [0.2, 0.25) is 0 Å². The monoisotopic (exact) mass is 490 g/mol.